The van der Waals surface area contributed by atoms with Gasteiger partial charge >= 0.3 is 5.97 Å². The van der Waals surface area contributed by atoms with Crippen molar-refractivity contribution in [3.63, 3.8) is 0 Å². The van der Waals surface area contributed by atoms with Crippen LogP contribution in [0.4, 0.5) is 4.39 Å². The molecule has 0 spiro atoms. The van der Waals surface area contributed by atoms with E-state index in [0.717, 1.165) is 12.1 Å². The van der Waals surface area contributed by atoms with Crippen molar-refractivity contribution in [3.8, 4) is 11.8 Å². The minimum atomic E-state index is -1.21. The number of carbonyl (C=O) groups is 2. The van der Waals surface area contributed by atoms with Crippen LogP contribution in [0.5, 0.6) is 5.75 Å². The number of ketones is 1. The van der Waals surface area contributed by atoms with E-state index in [4.69, 9.17) is 26.7 Å². The number of nitriles is 1. The van der Waals surface area contributed by atoms with E-state index >= 15 is 0 Å². The second-order valence-corrected chi connectivity index (χ2v) is 4.93. The van der Waals surface area contributed by atoms with E-state index in [1.807, 2.05) is 13.8 Å². The Hall–Kier alpha value is -2.91. The normalized spacial score (nSPS) is 9.40. The molecule has 2 aromatic carbocycles. The van der Waals surface area contributed by atoms with E-state index < -0.39 is 24.2 Å². The lowest BCUT2D eigenvalue weighted by atomic mass is 10.0. The highest BCUT2D eigenvalue weighted by Crippen LogP contribution is 2.26. The summed E-state index contributed by atoms with van der Waals surface area (Å²) in [5, 5.41) is 17.7. The molecule has 5 nitrogen and oxygen atoms in total. The Bertz CT molecular complexity index is 830. The average Bonchev–Trinajstić information content (AvgIpc) is 2.61. The minimum absolute atomic E-state index is 0.00423. The largest absolute Gasteiger partial charge is 0.481 e. The van der Waals surface area contributed by atoms with Crippen molar-refractivity contribution in [2.24, 2.45) is 0 Å². The number of ether oxygens (including phenoxy) is 1. The summed E-state index contributed by atoms with van der Waals surface area (Å²) >= 11 is 5.85. The fourth-order valence-electron chi connectivity index (χ4n) is 1.89. The quantitative estimate of drug-likeness (QED) is 0.809. The molecule has 0 aliphatic carbocycles. The summed E-state index contributed by atoms with van der Waals surface area (Å²) in [5.41, 5.74) is -0.0967. The van der Waals surface area contributed by atoms with Crippen LogP contribution in [0.2, 0.25) is 5.02 Å². The third kappa shape index (κ3) is 5.59. The van der Waals surface area contributed by atoms with Crippen molar-refractivity contribution in [2.45, 2.75) is 13.8 Å². The zero-order chi connectivity index (χ0) is 19.0. The van der Waals surface area contributed by atoms with E-state index in [-0.39, 0.29) is 27.5 Å². The molecule has 25 heavy (non-hydrogen) atoms. The molecule has 0 amide bonds. The van der Waals surface area contributed by atoms with Gasteiger partial charge in [-0.15, -0.1) is 0 Å². The first-order valence-electron chi connectivity index (χ1n) is 7.30. The summed E-state index contributed by atoms with van der Waals surface area (Å²) in [5.74, 6) is -2.58. The van der Waals surface area contributed by atoms with Gasteiger partial charge in [0.05, 0.1) is 17.2 Å². The van der Waals surface area contributed by atoms with Gasteiger partial charge in [0.2, 0.25) is 0 Å². The number of rotatable bonds is 5. The Balaban J connectivity index is 0.00000151. The van der Waals surface area contributed by atoms with Crippen molar-refractivity contribution in [3.05, 3.63) is 63.9 Å². The molecule has 0 unspecified atom stereocenters. The van der Waals surface area contributed by atoms with Crippen LogP contribution in [0.1, 0.15) is 35.3 Å². The summed E-state index contributed by atoms with van der Waals surface area (Å²) in [7, 11) is 0. The Morgan fingerprint density at radius 2 is 1.92 bits per heavy atom. The van der Waals surface area contributed by atoms with Gasteiger partial charge in [0, 0.05) is 10.6 Å². The van der Waals surface area contributed by atoms with Gasteiger partial charge in [-0.25, -0.2) is 9.18 Å². The van der Waals surface area contributed by atoms with Gasteiger partial charge in [-0.1, -0.05) is 25.4 Å². The molecule has 130 valence electrons. The molecule has 0 aromatic heterocycles. The van der Waals surface area contributed by atoms with Crippen molar-refractivity contribution >= 4 is 23.4 Å². The Labute approximate surface area is 149 Å². The highest BCUT2D eigenvalue weighted by Gasteiger charge is 2.18. The Morgan fingerprint density at radius 1 is 1.24 bits per heavy atom. The SMILES string of the molecule is CC.N#Cc1cc(F)cc(C(=O)c2cc(Cl)ccc2OCC(=O)O)c1. The summed E-state index contributed by atoms with van der Waals surface area (Å²) in [6.45, 7) is 3.36. The van der Waals surface area contributed by atoms with E-state index in [1.165, 1.54) is 24.3 Å². The monoisotopic (exact) mass is 363 g/mol. The second-order valence-electron chi connectivity index (χ2n) is 4.49. The molecular weight excluding hydrogens is 349 g/mol. The van der Waals surface area contributed by atoms with Crippen LogP contribution in [-0.2, 0) is 4.79 Å². The van der Waals surface area contributed by atoms with Crippen molar-refractivity contribution in [1.82, 2.24) is 0 Å². The van der Waals surface area contributed by atoms with Crippen LogP contribution in [0, 0.1) is 17.1 Å². The summed E-state index contributed by atoms with van der Waals surface area (Å²) < 4.78 is 18.5. The van der Waals surface area contributed by atoms with Crippen LogP contribution in [0.25, 0.3) is 0 Å². The standard InChI is InChI=1S/C16H9ClFNO4.C2H6/c17-11-1-2-14(23-8-15(20)21)13(6-11)16(22)10-3-9(7-19)4-12(18)5-10;1-2/h1-6H,8H2,(H,20,21);1-2H3. The smallest absolute Gasteiger partial charge is 0.341 e. The lowest BCUT2D eigenvalue weighted by Crippen LogP contribution is -2.12. The number of carbonyl (C=O) groups excluding carboxylic acids is 1. The molecule has 0 aliphatic heterocycles. The fourth-order valence-corrected chi connectivity index (χ4v) is 2.06. The molecule has 0 saturated carbocycles. The van der Waals surface area contributed by atoms with Crippen molar-refractivity contribution in [1.29, 1.82) is 5.26 Å². The van der Waals surface area contributed by atoms with Crippen LogP contribution < -0.4 is 4.74 Å². The molecule has 7 heteroatoms. The lowest BCUT2D eigenvalue weighted by molar-refractivity contribution is -0.139. The summed E-state index contributed by atoms with van der Waals surface area (Å²) in [4.78, 5) is 23.1. The van der Waals surface area contributed by atoms with Crippen molar-refractivity contribution < 1.29 is 23.8 Å². The second kappa shape index (κ2) is 9.40. The zero-order valence-corrected chi connectivity index (χ0v) is 14.3. The van der Waals surface area contributed by atoms with E-state index in [0.29, 0.717) is 0 Å². The van der Waals surface area contributed by atoms with Gasteiger partial charge in [-0.05, 0) is 36.4 Å². The predicted octanol–water partition coefficient (Wildman–Crippen LogP) is 4.07. The van der Waals surface area contributed by atoms with E-state index in [9.17, 15) is 14.0 Å². The Kier molecular flexibility index (Phi) is 7.57. The van der Waals surface area contributed by atoms with Crippen LogP contribution in [0.15, 0.2) is 36.4 Å². The number of hydrogen-bond donors (Lipinski definition) is 1. The summed E-state index contributed by atoms with van der Waals surface area (Å²) in [6.07, 6.45) is 0. The summed E-state index contributed by atoms with van der Waals surface area (Å²) in [6, 6.07) is 9.03. The van der Waals surface area contributed by atoms with Gasteiger partial charge < -0.3 is 9.84 Å². The van der Waals surface area contributed by atoms with Gasteiger partial charge in [-0.2, -0.15) is 5.26 Å². The highest BCUT2D eigenvalue weighted by molar-refractivity contribution is 6.31. The topological polar surface area (TPSA) is 87.4 Å². The third-order valence-electron chi connectivity index (χ3n) is 2.83. The zero-order valence-electron chi connectivity index (χ0n) is 13.5. The maximum Gasteiger partial charge on any atom is 0.341 e. The fraction of sp³-hybridized carbons (Fsp3) is 0.167. The number of nitrogens with zero attached hydrogens (tertiary/aromatic N) is 1. The van der Waals surface area contributed by atoms with Crippen LogP contribution >= 0.6 is 11.6 Å². The molecular formula is C18H15ClFNO4. The van der Waals surface area contributed by atoms with Crippen molar-refractivity contribution in [2.75, 3.05) is 6.61 Å². The Morgan fingerprint density at radius 3 is 2.52 bits per heavy atom. The van der Waals surface area contributed by atoms with Gasteiger partial charge in [0.25, 0.3) is 0 Å². The van der Waals surface area contributed by atoms with E-state index in [1.54, 1.807) is 6.07 Å². The molecule has 2 aromatic rings. The number of carboxylic acids is 1. The van der Waals surface area contributed by atoms with Gasteiger partial charge in [0.1, 0.15) is 11.6 Å². The first-order chi connectivity index (χ1) is 11.9. The molecule has 0 radical (unpaired) electrons. The minimum Gasteiger partial charge on any atom is -0.481 e. The predicted molar refractivity (Wildman–Crippen MR) is 90.5 cm³/mol. The maximum absolute atomic E-state index is 13.5. The molecule has 0 aliphatic rings. The number of benzene rings is 2. The molecule has 0 heterocycles. The molecule has 0 atom stereocenters. The number of halogens is 2. The van der Waals surface area contributed by atoms with Crippen LogP contribution in [-0.4, -0.2) is 23.5 Å². The molecule has 0 saturated heterocycles. The number of aliphatic carboxylic acids is 1. The van der Waals surface area contributed by atoms with Crippen LogP contribution in [0.3, 0.4) is 0 Å². The highest BCUT2D eigenvalue weighted by atomic mass is 35.5. The maximum atomic E-state index is 13.5. The molecule has 0 bridgehead atoms. The lowest BCUT2D eigenvalue weighted by Gasteiger charge is -2.10. The molecule has 1 N–H and O–H groups in total. The van der Waals surface area contributed by atoms with E-state index in [2.05, 4.69) is 0 Å². The average molecular weight is 364 g/mol. The molecule has 2 rings (SSSR count). The first kappa shape index (κ1) is 20.1. The number of carboxylic acid groups (broad SMARTS) is 1. The van der Waals surface area contributed by atoms with Gasteiger partial charge in [0.15, 0.2) is 12.4 Å². The third-order valence-corrected chi connectivity index (χ3v) is 3.06. The van der Waals surface area contributed by atoms with Gasteiger partial charge in [-0.3, -0.25) is 4.79 Å². The first-order valence-corrected chi connectivity index (χ1v) is 7.68. The molecule has 0 fully saturated rings. The number of hydrogen-bond acceptors (Lipinski definition) is 4.